The molecule has 0 bridgehead atoms. The fourth-order valence-corrected chi connectivity index (χ4v) is 2.02. The first kappa shape index (κ1) is 11.1. The van der Waals surface area contributed by atoms with Crippen LogP contribution in [0.4, 0.5) is 0 Å². The summed E-state index contributed by atoms with van der Waals surface area (Å²) in [4.78, 5) is 15.2. The maximum Gasteiger partial charge on any atom is 0.347 e. The summed E-state index contributed by atoms with van der Waals surface area (Å²) in [6.45, 7) is 5.50. The number of aromatic nitrogens is 1. The van der Waals surface area contributed by atoms with E-state index >= 15 is 0 Å². The minimum atomic E-state index is -0.932. The van der Waals surface area contributed by atoms with Crippen molar-refractivity contribution in [2.45, 2.75) is 32.7 Å². The Bertz CT molecular complexity index is 358. The van der Waals surface area contributed by atoms with Gasteiger partial charge in [-0.1, -0.05) is 6.92 Å². The third-order valence-electron chi connectivity index (χ3n) is 2.21. The molecule has 0 saturated carbocycles. The highest BCUT2D eigenvalue weighted by Crippen LogP contribution is 2.28. The Morgan fingerprint density at radius 2 is 2.29 bits per heavy atom. The molecular formula is C9H14N2O2S. The number of aromatic carboxylic acids is 1. The molecule has 3 N–H and O–H groups in total. The van der Waals surface area contributed by atoms with Gasteiger partial charge in [0.05, 0.1) is 11.2 Å². The van der Waals surface area contributed by atoms with E-state index in [0.29, 0.717) is 10.7 Å². The van der Waals surface area contributed by atoms with Gasteiger partial charge in [-0.05, 0) is 20.3 Å². The molecule has 4 nitrogen and oxygen atoms in total. The van der Waals surface area contributed by atoms with Crippen molar-refractivity contribution in [1.82, 2.24) is 4.98 Å². The molecule has 0 aliphatic carbocycles. The van der Waals surface area contributed by atoms with Crippen molar-refractivity contribution in [1.29, 1.82) is 0 Å². The minimum Gasteiger partial charge on any atom is -0.477 e. The number of hydrogen-bond acceptors (Lipinski definition) is 4. The molecule has 1 aromatic heterocycles. The maximum atomic E-state index is 10.8. The molecule has 0 spiro atoms. The van der Waals surface area contributed by atoms with Gasteiger partial charge >= 0.3 is 5.97 Å². The van der Waals surface area contributed by atoms with Gasteiger partial charge < -0.3 is 10.8 Å². The highest BCUT2D eigenvalue weighted by molar-refractivity contribution is 7.13. The van der Waals surface area contributed by atoms with Gasteiger partial charge in [-0.2, -0.15) is 0 Å². The highest BCUT2D eigenvalue weighted by Gasteiger charge is 2.25. The first-order chi connectivity index (χ1) is 6.38. The Morgan fingerprint density at radius 1 is 1.71 bits per heavy atom. The lowest BCUT2D eigenvalue weighted by molar-refractivity contribution is 0.0701. The molecule has 78 valence electrons. The first-order valence-corrected chi connectivity index (χ1v) is 5.20. The summed E-state index contributed by atoms with van der Waals surface area (Å²) in [6, 6.07) is 0. The smallest absolute Gasteiger partial charge is 0.347 e. The Morgan fingerprint density at radius 3 is 2.64 bits per heavy atom. The van der Waals surface area contributed by atoms with Crippen LogP contribution in [0, 0.1) is 6.92 Å². The normalized spacial score (nSPS) is 15.1. The van der Waals surface area contributed by atoms with Crippen molar-refractivity contribution in [2.75, 3.05) is 0 Å². The third-order valence-corrected chi connectivity index (χ3v) is 3.64. The van der Waals surface area contributed by atoms with Crippen LogP contribution in [0.2, 0.25) is 0 Å². The van der Waals surface area contributed by atoms with Crippen molar-refractivity contribution in [2.24, 2.45) is 5.73 Å². The number of thiazole rings is 1. The van der Waals surface area contributed by atoms with Crippen molar-refractivity contribution < 1.29 is 9.90 Å². The Balaban J connectivity index is 3.15. The number of carboxylic acid groups (broad SMARTS) is 1. The topological polar surface area (TPSA) is 76.2 Å². The van der Waals surface area contributed by atoms with E-state index in [-0.39, 0.29) is 4.88 Å². The highest BCUT2D eigenvalue weighted by atomic mass is 32.1. The lowest BCUT2D eigenvalue weighted by Gasteiger charge is -2.18. The van der Waals surface area contributed by atoms with Gasteiger partial charge in [0.25, 0.3) is 0 Å². The second-order valence-corrected chi connectivity index (χ2v) is 4.51. The predicted molar refractivity (Wildman–Crippen MR) is 55.6 cm³/mol. The van der Waals surface area contributed by atoms with Gasteiger partial charge in [0.1, 0.15) is 9.88 Å². The SMILES string of the molecule is CCC(C)(N)c1nc(C)c(C(=O)O)s1. The summed E-state index contributed by atoms with van der Waals surface area (Å²) in [5, 5.41) is 9.54. The second kappa shape index (κ2) is 3.67. The molecule has 0 fully saturated rings. The summed E-state index contributed by atoms with van der Waals surface area (Å²) in [6.07, 6.45) is 0.735. The molecule has 0 aliphatic heterocycles. The van der Waals surface area contributed by atoms with Crippen LogP contribution in [0.1, 0.15) is 40.6 Å². The molecular weight excluding hydrogens is 200 g/mol. The van der Waals surface area contributed by atoms with E-state index in [1.165, 1.54) is 0 Å². The van der Waals surface area contributed by atoms with Crippen molar-refractivity contribution in [3.8, 4) is 0 Å². The maximum absolute atomic E-state index is 10.8. The Kier molecular flexibility index (Phi) is 2.92. The van der Waals surface area contributed by atoms with Crippen LogP contribution in [0.15, 0.2) is 0 Å². The molecule has 1 rings (SSSR count). The van der Waals surface area contributed by atoms with Gasteiger partial charge in [-0.25, -0.2) is 9.78 Å². The molecule has 0 radical (unpaired) electrons. The quantitative estimate of drug-likeness (QED) is 0.803. The largest absolute Gasteiger partial charge is 0.477 e. The number of hydrogen-bond donors (Lipinski definition) is 2. The van der Waals surface area contributed by atoms with E-state index in [1.54, 1.807) is 6.92 Å². The predicted octanol–water partition coefficient (Wildman–Crippen LogP) is 1.73. The van der Waals surface area contributed by atoms with Crippen LogP contribution in [-0.4, -0.2) is 16.1 Å². The molecule has 0 aliphatic rings. The van der Waals surface area contributed by atoms with E-state index in [9.17, 15) is 4.79 Å². The van der Waals surface area contributed by atoms with Gasteiger partial charge in [0.2, 0.25) is 0 Å². The lowest BCUT2D eigenvalue weighted by Crippen LogP contribution is -2.31. The van der Waals surface area contributed by atoms with E-state index in [4.69, 9.17) is 10.8 Å². The van der Waals surface area contributed by atoms with Crippen molar-refractivity contribution in [3.05, 3.63) is 15.6 Å². The number of carboxylic acids is 1. The summed E-state index contributed by atoms with van der Waals surface area (Å²) in [5.41, 5.74) is 5.99. The monoisotopic (exact) mass is 214 g/mol. The molecule has 0 saturated heterocycles. The summed E-state index contributed by atoms with van der Waals surface area (Å²) >= 11 is 1.16. The first-order valence-electron chi connectivity index (χ1n) is 4.38. The molecule has 1 unspecified atom stereocenters. The summed E-state index contributed by atoms with van der Waals surface area (Å²) < 4.78 is 0. The minimum absolute atomic E-state index is 0.283. The molecule has 5 heteroatoms. The zero-order valence-corrected chi connectivity index (χ0v) is 9.31. The molecule has 1 heterocycles. The third kappa shape index (κ3) is 1.93. The number of rotatable bonds is 3. The van der Waals surface area contributed by atoms with Crippen LogP contribution in [0.3, 0.4) is 0 Å². The van der Waals surface area contributed by atoms with E-state index in [0.717, 1.165) is 17.8 Å². The standard InChI is InChI=1S/C9H14N2O2S/c1-4-9(3,10)8-11-5(2)6(14-8)7(12)13/h4,10H2,1-3H3,(H,12,13). The van der Waals surface area contributed by atoms with Crippen LogP contribution < -0.4 is 5.73 Å². The van der Waals surface area contributed by atoms with Gasteiger partial charge in [0.15, 0.2) is 0 Å². The Labute approximate surface area is 86.8 Å². The zero-order chi connectivity index (χ0) is 10.9. The average Bonchev–Trinajstić information content (AvgIpc) is 2.48. The van der Waals surface area contributed by atoms with Gasteiger partial charge in [-0.3, -0.25) is 0 Å². The lowest BCUT2D eigenvalue weighted by atomic mass is 10.0. The van der Waals surface area contributed by atoms with Crippen LogP contribution in [0.5, 0.6) is 0 Å². The van der Waals surface area contributed by atoms with Gasteiger partial charge in [-0.15, -0.1) is 11.3 Å². The van der Waals surface area contributed by atoms with Crippen molar-refractivity contribution >= 4 is 17.3 Å². The number of carbonyl (C=O) groups is 1. The second-order valence-electron chi connectivity index (χ2n) is 3.51. The summed E-state index contributed by atoms with van der Waals surface area (Å²) in [5.74, 6) is -0.932. The fourth-order valence-electron chi connectivity index (χ4n) is 0.990. The molecule has 1 aromatic rings. The molecule has 0 amide bonds. The van der Waals surface area contributed by atoms with E-state index in [2.05, 4.69) is 4.98 Å². The van der Waals surface area contributed by atoms with Crippen molar-refractivity contribution in [3.63, 3.8) is 0 Å². The van der Waals surface area contributed by atoms with Gasteiger partial charge in [0, 0.05) is 0 Å². The number of aryl methyl sites for hydroxylation is 1. The van der Waals surface area contributed by atoms with Crippen LogP contribution in [-0.2, 0) is 5.54 Å². The average molecular weight is 214 g/mol. The fraction of sp³-hybridized carbons (Fsp3) is 0.556. The van der Waals surface area contributed by atoms with E-state index in [1.807, 2.05) is 13.8 Å². The molecule has 1 atom stereocenters. The number of nitrogens with zero attached hydrogens (tertiary/aromatic N) is 1. The zero-order valence-electron chi connectivity index (χ0n) is 8.50. The molecule has 0 aromatic carbocycles. The summed E-state index contributed by atoms with van der Waals surface area (Å²) in [7, 11) is 0. The Hall–Kier alpha value is -0.940. The van der Waals surface area contributed by atoms with E-state index < -0.39 is 11.5 Å². The van der Waals surface area contributed by atoms with Crippen LogP contribution >= 0.6 is 11.3 Å². The number of nitrogens with two attached hydrogens (primary N) is 1. The van der Waals surface area contributed by atoms with Crippen LogP contribution in [0.25, 0.3) is 0 Å². The molecule has 14 heavy (non-hydrogen) atoms.